The topological polar surface area (TPSA) is 85.2 Å². The van der Waals surface area contributed by atoms with Gasteiger partial charge in [0, 0.05) is 43.4 Å². The molecule has 1 saturated heterocycles. The summed E-state index contributed by atoms with van der Waals surface area (Å²) in [6.07, 6.45) is 4.80. The summed E-state index contributed by atoms with van der Waals surface area (Å²) in [5.74, 6) is 1.15. The normalized spacial score (nSPS) is 16.7. The van der Waals surface area contributed by atoms with Crippen molar-refractivity contribution in [2.45, 2.75) is 39.0 Å². The highest BCUT2D eigenvalue weighted by Gasteiger charge is 2.28. The van der Waals surface area contributed by atoms with Crippen LogP contribution >= 0.6 is 11.3 Å². The van der Waals surface area contributed by atoms with Crippen molar-refractivity contribution < 1.29 is 4.79 Å². The van der Waals surface area contributed by atoms with Gasteiger partial charge in [0.2, 0.25) is 5.91 Å². The van der Waals surface area contributed by atoms with Crippen molar-refractivity contribution >= 4 is 28.2 Å². The number of piperazine rings is 1. The van der Waals surface area contributed by atoms with E-state index in [1.54, 1.807) is 6.20 Å². The zero-order valence-electron chi connectivity index (χ0n) is 16.9. The molecular weight excluding hydrogens is 384 g/mol. The molecule has 3 heterocycles. The van der Waals surface area contributed by atoms with Gasteiger partial charge < -0.3 is 10.2 Å². The minimum absolute atomic E-state index is 0.0381. The molecule has 2 aliphatic rings. The van der Waals surface area contributed by atoms with E-state index in [-0.39, 0.29) is 5.91 Å². The predicted octanol–water partition coefficient (Wildman–Crippen LogP) is 2.78. The number of anilines is 2. The predicted molar refractivity (Wildman–Crippen MR) is 114 cm³/mol. The molecule has 0 spiro atoms. The molecule has 0 bridgehead atoms. The summed E-state index contributed by atoms with van der Waals surface area (Å²) in [5, 5.41) is 15.2. The highest BCUT2D eigenvalue weighted by Crippen LogP contribution is 2.35. The monoisotopic (exact) mass is 410 g/mol. The van der Waals surface area contributed by atoms with Gasteiger partial charge in [0.25, 0.3) is 0 Å². The SMILES string of the molecule is CC(C)c1nc(N2CCN(CC(=O)Nc3nccs3)CC2)c(C#N)c2c1CCC2. The molecule has 0 radical (unpaired) electrons. The first-order valence-electron chi connectivity index (χ1n) is 10.2. The van der Waals surface area contributed by atoms with E-state index >= 15 is 0 Å². The molecule has 1 N–H and O–H groups in total. The third kappa shape index (κ3) is 4.11. The lowest BCUT2D eigenvalue weighted by molar-refractivity contribution is -0.117. The van der Waals surface area contributed by atoms with Crippen LogP contribution in [0.25, 0.3) is 0 Å². The number of hydrogen-bond donors (Lipinski definition) is 1. The maximum Gasteiger partial charge on any atom is 0.240 e. The van der Waals surface area contributed by atoms with Crippen molar-refractivity contribution in [3.05, 3.63) is 34.0 Å². The molecule has 0 aromatic carbocycles. The first-order valence-corrected chi connectivity index (χ1v) is 11.1. The molecule has 0 saturated carbocycles. The van der Waals surface area contributed by atoms with E-state index in [1.807, 2.05) is 5.38 Å². The van der Waals surface area contributed by atoms with E-state index in [4.69, 9.17) is 4.98 Å². The molecule has 2 aromatic heterocycles. The van der Waals surface area contributed by atoms with Gasteiger partial charge in [-0.05, 0) is 36.3 Å². The second-order valence-corrected chi connectivity index (χ2v) is 8.82. The van der Waals surface area contributed by atoms with Crippen molar-refractivity contribution in [3.8, 4) is 6.07 Å². The summed E-state index contributed by atoms with van der Waals surface area (Å²) >= 11 is 1.42. The summed E-state index contributed by atoms with van der Waals surface area (Å²) in [6.45, 7) is 7.78. The summed E-state index contributed by atoms with van der Waals surface area (Å²) in [7, 11) is 0. The summed E-state index contributed by atoms with van der Waals surface area (Å²) < 4.78 is 0. The van der Waals surface area contributed by atoms with E-state index in [2.05, 4.69) is 40.0 Å². The van der Waals surface area contributed by atoms with Gasteiger partial charge in [-0.2, -0.15) is 5.26 Å². The van der Waals surface area contributed by atoms with Crippen LogP contribution in [-0.4, -0.2) is 53.5 Å². The minimum Gasteiger partial charge on any atom is -0.353 e. The van der Waals surface area contributed by atoms with Gasteiger partial charge in [-0.1, -0.05) is 13.8 Å². The van der Waals surface area contributed by atoms with E-state index in [9.17, 15) is 10.1 Å². The summed E-state index contributed by atoms with van der Waals surface area (Å²) in [6, 6.07) is 2.44. The number of carbonyl (C=O) groups is 1. The summed E-state index contributed by atoms with van der Waals surface area (Å²) in [5.41, 5.74) is 4.43. The molecule has 0 unspecified atom stereocenters. The lowest BCUT2D eigenvalue weighted by Gasteiger charge is -2.36. The molecule has 0 atom stereocenters. The quantitative estimate of drug-likeness (QED) is 0.816. The maximum atomic E-state index is 12.2. The molecule has 1 amide bonds. The van der Waals surface area contributed by atoms with Crippen LogP contribution in [-0.2, 0) is 17.6 Å². The Kier molecular flexibility index (Phi) is 5.79. The molecule has 7 nitrogen and oxygen atoms in total. The number of thiazole rings is 1. The van der Waals surface area contributed by atoms with Crippen LogP contribution < -0.4 is 10.2 Å². The minimum atomic E-state index is -0.0381. The van der Waals surface area contributed by atoms with Crippen LogP contribution in [0.2, 0.25) is 0 Å². The Morgan fingerprint density at radius 2 is 2.03 bits per heavy atom. The number of carbonyl (C=O) groups excluding carboxylic acids is 1. The third-order valence-electron chi connectivity index (χ3n) is 5.66. The fraction of sp³-hybridized carbons (Fsp3) is 0.524. The molecule has 1 fully saturated rings. The molecular formula is C21H26N6OS. The van der Waals surface area contributed by atoms with Gasteiger partial charge in [0.05, 0.1) is 12.1 Å². The number of pyridine rings is 1. The van der Waals surface area contributed by atoms with Crippen molar-refractivity contribution in [2.24, 2.45) is 0 Å². The Hall–Kier alpha value is -2.50. The van der Waals surface area contributed by atoms with Crippen LogP contribution in [0.3, 0.4) is 0 Å². The van der Waals surface area contributed by atoms with Gasteiger partial charge in [0.1, 0.15) is 11.9 Å². The maximum absolute atomic E-state index is 12.2. The van der Waals surface area contributed by atoms with E-state index in [1.165, 1.54) is 22.5 Å². The number of fused-ring (bicyclic) bond motifs is 1. The Morgan fingerprint density at radius 3 is 2.69 bits per heavy atom. The number of amides is 1. The average molecular weight is 411 g/mol. The molecule has 1 aliphatic carbocycles. The van der Waals surface area contributed by atoms with Crippen molar-refractivity contribution in [1.29, 1.82) is 5.26 Å². The van der Waals surface area contributed by atoms with Gasteiger partial charge in [-0.25, -0.2) is 9.97 Å². The molecule has 2 aromatic rings. The molecule has 1 aliphatic heterocycles. The van der Waals surface area contributed by atoms with Crippen LogP contribution in [0.5, 0.6) is 0 Å². The second-order valence-electron chi connectivity index (χ2n) is 7.92. The number of rotatable bonds is 5. The number of nitriles is 1. The van der Waals surface area contributed by atoms with E-state index < -0.39 is 0 Å². The fourth-order valence-corrected chi connectivity index (χ4v) is 4.81. The van der Waals surface area contributed by atoms with Gasteiger partial charge >= 0.3 is 0 Å². The molecule has 152 valence electrons. The van der Waals surface area contributed by atoms with E-state index in [0.717, 1.165) is 62.5 Å². The first kappa shape index (κ1) is 19.8. The zero-order valence-corrected chi connectivity index (χ0v) is 17.8. The van der Waals surface area contributed by atoms with Crippen molar-refractivity contribution in [2.75, 3.05) is 42.9 Å². The van der Waals surface area contributed by atoms with Crippen LogP contribution in [0.15, 0.2) is 11.6 Å². The first-order chi connectivity index (χ1) is 14.1. The Balaban J connectivity index is 1.45. The lowest BCUT2D eigenvalue weighted by Crippen LogP contribution is -2.49. The zero-order chi connectivity index (χ0) is 20.4. The fourth-order valence-electron chi connectivity index (χ4n) is 4.26. The van der Waals surface area contributed by atoms with Crippen molar-refractivity contribution in [3.63, 3.8) is 0 Å². The van der Waals surface area contributed by atoms with E-state index in [0.29, 0.717) is 17.6 Å². The highest BCUT2D eigenvalue weighted by atomic mass is 32.1. The lowest BCUT2D eigenvalue weighted by atomic mass is 9.97. The second kappa shape index (κ2) is 8.47. The average Bonchev–Trinajstić information content (AvgIpc) is 3.39. The largest absolute Gasteiger partial charge is 0.353 e. The Morgan fingerprint density at radius 1 is 1.28 bits per heavy atom. The Labute approximate surface area is 175 Å². The number of nitrogens with zero attached hydrogens (tertiary/aromatic N) is 5. The van der Waals surface area contributed by atoms with Crippen molar-refractivity contribution in [1.82, 2.24) is 14.9 Å². The van der Waals surface area contributed by atoms with Gasteiger partial charge in [-0.15, -0.1) is 11.3 Å². The standard InChI is InChI=1S/C21H26N6OS/c1-14(2)19-16-5-3-4-15(16)17(12-22)20(25-19)27-9-7-26(8-10-27)13-18(28)24-21-23-6-11-29-21/h6,11,14H,3-5,7-10,13H2,1-2H3,(H,23,24,28). The van der Waals surface area contributed by atoms with Gasteiger partial charge in [-0.3, -0.25) is 9.69 Å². The van der Waals surface area contributed by atoms with Crippen LogP contribution in [0.1, 0.15) is 48.6 Å². The molecule has 29 heavy (non-hydrogen) atoms. The number of nitrogens with one attached hydrogen (secondary N) is 1. The number of hydrogen-bond acceptors (Lipinski definition) is 7. The molecule has 4 rings (SSSR count). The van der Waals surface area contributed by atoms with Crippen LogP contribution in [0.4, 0.5) is 10.9 Å². The number of aromatic nitrogens is 2. The Bertz CT molecular complexity index is 926. The molecule has 8 heteroatoms. The summed E-state index contributed by atoms with van der Waals surface area (Å²) in [4.78, 5) is 25.6. The highest BCUT2D eigenvalue weighted by molar-refractivity contribution is 7.13. The van der Waals surface area contributed by atoms with Gasteiger partial charge in [0.15, 0.2) is 5.13 Å². The van der Waals surface area contributed by atoms with Crippen LogP contribution in [0, 0.1) is 11.3 Å². The smallest absolute Gasteiger partial charge is 0.240 e. The third-order valence-corrected chi connectivity index (χ3v) is 6.34.